The summed E-state index contributed by atoms with van der Waals surface area (Å²) in [6.07, 6.45) is 6.43. The number of phenols is 1. The van der Waals surface area contributed by atoms with Crippen molar-refractivity contribution in [3.05, 3.63) is 89.0 Å². The van der Waals surface area contributed by atoms with Crippen LogP contribution in [0.1, 0.15) is 40.1 Å². The van der Waals surface area contributed by atoms with E-state index in [1.165, 1.54) is 12.5 Å². The zero-order chi connectivity index (χ0) is 30.3. The second-order valence-corrected chi connectivity index (χ2v) is 11.0. The summed E-state index contributed by atoms with van der Waals surface area (Å²) in [5, 5.41) is 26.1. The number of hydrogen-bond acceptors (Lipinski definition) is 8. The molecule has 9 nitrogen and oxygen atoms in total. The number of anilines is 2. The summed E-state index contributed by atoms with van der Waals surface area (Å²) >= 11 is 5.60. The van der Waals surface area contributed by atoms with E-state index >= 15 is 0 Å². The number of nitrogens with one attached hydrogen (secondary N) is 2. The molecule has 0 aliphatic carbocycles. The first kappa shape index (κ1) is 29.9. The normalized spacial score (nSPS) is 18.1. The molecule has 3 aromatic rings. The largest absolute Gasteiger partial charge is 0.505 e. The highest BCUT2D eigenvalue weighted by Crippen LogP contribution is 2.29. The molecule has 220 valence electrons. The molecule has 1 fully saturated rings. The number of carbonyl (C=O) groups is 2. The molecule has 3 heterocycles. The molecule has 2 aliphatic rings. The molecular weight excluding hydrogens is 564 g/mol. The smallest absolute Gasteiger partial charge is 0.291 e. The maximum atomic E-state index is 13.2. The lowest BCUT2D eigenvalue weighted by Gasteiger charge is -2.17. The van der Waals surface area contributed by atoms with Crippen LogP contribution in [0.2, 0.25) is 0 Å². The number of hydrogen-bond donors (Lipinski definition) is 4. The number of aryl methyl sites for hydroxylation is 2. The number of aliphatic hydroxyl groups is 1. The summed E-state index contributed by atoms with van der Waals surface area (Å²) < 4.78 is 5.25. The van der Waals surface area contributed by atoms with Gasteiger partial charge >= 0.3 is 0 Å². The van der Waals surface area contributed by atoms with Crippen LogP contribution in [0.3, 0.4) is 0 Å². The summed E-state index contributed by atoms with van der Waals surface area (Å²) in [5.74, 6) is 4.97. The van der Waals surface area contributed by atoms with Crippen LogP contribution in [0.25, 0.3) is 0 Å². The van der Waals surface area contributed by atoms with Gasteiger partial charge in [0.15, 0.2) is 5.76 Å². The van der Waals surface area contributed by atoms with Crippen LogP contribution in [-0.4, -0.2) is 63.7 Å². The molecular formula is C33H32N4O5S. The van der Waals surface area contributed by atoms with E-state index in [4.69, 9.17) is 16.6 Å². The predicted molar refractivity (Wildman–Crippen MR) is 170 cm³/mol. The minimum Gasteiger partial charge on any atom is -0.505 e. The number of aliphatic imine (C=N–C) groups is 1. The van der Waals surface area contributed by atoms with Gasteiger partial charge < -0.3 is 30.2 Å². The van der Waals surface area contributed by atoms with Crippen molar-refractivity contribution in [2.45, 2.75) is 32.3 Å². The van der Waals surface area contributed by atoms with Gasteiger partial charge in [-0.05, 0) is 68.6 Å². The topological polar surface area (TPSA) is 127 Å². The molecule has 43 heavy (non-hydrogen) atoms. The van der Waals surface area contributed by atoms with E-state index in [9.17, 15) is 19.8 Å². The van der Waals surface area contributed by atoms with E-state index in [1.807, 2.05) is 6.07 Å². The number of aliphatic hydroxyl groups excluding tert-OH is 1. The number of furan rings is 1. The summed E-state index contributed by atoms with van der Waals surface area (Å²) in [7, 11) is 0. The number of phenolic OH excluding ortho intramolecular Hbond substituents is 1. The number of carbonyl (C=O) groups excluding carboxylic acids is 2. The van der Waals surface area contributed by atoms with E-state index in [-0.39, 0.29) is 29.1 Å². The van der Waals surface area contributed by atoms with Crippen LogP contribution < -0.4 is 10.6 Å². The Morgan fingerprint density at radius 1 is 1.16 bits per heavy atom. The maximum Gasteiger partial charge on any atom is 0.291 e. The molecule has 2 aliphatic heterocycles. The van der Waals surface area contributed by atoms with Gasteiger partial charge in [-0.2, -0.15) is 0 Å². The Hall–Kier alpha value is -4.56. The first-order chi connectivity index (χ1) is 20.8. The maximum absolute atomic E-state index is 13.2. The van der Waals surface area contributed by atoms with Gasteiger partial charge in [0.1, 0.15) is 5.75 Å². The molecule has 1 aromatic heterocycles. The van der Waals surface area contributed by atoms with Crippen molar-refractivity contribution in [1.82, 2.24) is 4.90 Å². The molecule has 10 heteroatoms. The Balaban J connectivity index is 1.19. The molecule has 2 unspecified atom stereocenters. The lowest BCUT2D eigenvalue weighted by atomic mass is 9.97. The number of para-hydroxylation sites is 1. The highest BCUT2D eigenvalue weighted by atomic mass is 32.1. The number of nitrogens with zero attached hydrogens (tertiary/aromatic N) is 2. The van der Waals surface area contributed by atoms with Gasteiger partial charge in [0.25, 0.3) is 11.8 Å². The van der Waals surface area contributed by atoms with E-state index in [1.54, 1.807) is 55.6 Å². The number of aromatic hydroxyl groups is 1. The molecule has 0 spiro atoms. The van der Waals surface area contributed by atoms with Crippen molar-refractivity contribution in [3.63, 3.8) is 0 Å². The van der Waals surface area contributed by atoms with Crippen LogP contribution in [0.15, 0.2) is 76.0 Å². The van der Waals surface area contributed by atoms with Crippen molar-refractivity contribution in [2.24, 2.45) is 10.9 Å². The first-order valence-electron chi connectivity index (χ1n) is 14.1. The second kappa shape index (κ2) is 13.6. The monoisotopic (exact) mass is 596 g/mol. The molecule has 2 atom stereocenters. The Kier molecular flexibility index (Phi) is 9.47. The molecule has 0 saturated carbocycles. The van der Waals surface area contributed by atoms with Crippen LogP contribution in [0.4, 0.5) is 11.4 Å². The van der Waals surface area contributed by atoms with Gasteiger partial charge in [0.05, 0.1) is 29.5 Å². The number of thiocarbonyl (C=S) groups is 1. The lowest BCUT2D eigenvalue weighted by molar-refractivity contribution is -0.112. The second-order valence-electron chi connectivity index (χ2n) is 10.5. The fourth-order valence-corrected chi connectivity index (χ4v) is 5.26. The van der Waals surface area contributed by atoms with Crippen LogP contribution in [0, 0.1) is 24.7 Å². The van der Waals surface area contributed by atoms with E-state index in [2.05, 4.69) is 32.4 Å². The minimum atomic E-state index is -0.575. The standard InChI is InChI=1S/C33H32N4O5S/c1-21-13-16-42-30(21)33(41)35-25-8-2-5-22(17-25)10-11-24-18-34-19-27(31(24)43)32(40)36-28-9-3-6-23(29(28)39)7-4-14-37-15-12-26(38)20-37/h2-3,5-6,8-9,13,16-19,24,26,38-39H,4,7,12,14-15,20H2,1H3,(H,35,41)(H,36,40). The first-order valence-corrected chi connectivity index (χ1v) is 14.5. The van der Waals surface area contributed by atoms with Gasteiger partial charge in [-0.1, -0.05) is 42.3 Å². The summed E-state index contributed by atoms with van der Waals surface area (Å²) in [6, 6.07) is 14.1. The number of β-amino-alcohol motifs (C(OH)–C–C–N with tert-alkyl or cyclic N) is 1. The minimum absolute atomic E-state index is 0.0219. The molecule has 0 bridgehead atoms. The number of rotatable bonds is 8. The molecule has 4 N–H and O–H groups in total. The SMILES string of the molecule is Cc1ccoc1C(=O)Nc1cccc(C#CC2C=NC=C(C(=O)Nc3cccc(CCCN4CCC(O)C4)c3O)C2=S)c1. The fourth-order valence-electron chi connectivity index (χ4n) is 5.00. The number of likely N-dealkylation sites (tertiary alicyclic amines) is 1. The molecule has 0 radical (unpaired) electrons. The summed E-state index contributed by atoms with van der Waals surface area (Å²) in [5.41, 5.74) is 3.17. The number of benzene rings is 2. The summed E-state index contributed by atoms with van der Waals surface area (Å²) in [4.78, 5) is 32.4. The highest BCUT2D eigenvalue weighted by molar-refractivity contribution is 7.81. The fraction of sp³-hybridized carbons (Fsp3) is 0.273. The van der Waals surface area contributed by atoms with Crippen LogP contribution in [-0.2, 0) is 11.2 Å². The zero-order valence-electron chi connectivity index (χ0n) is 23.7. The molecule has 1 saturated heterocycles. The lowest BCUT2D eigenvalue weighted by Crippen LogP contribution is -2.26. The Morgan fingerprint density at radius 3 is 2.77 bits per heavy atom. The van der Waals surface area contributed by atoms with Gasteiger partial charge in [0, 0.05) is 47.2 Å². The third-order valence-electron chi connectivity index (χ3n) is 7.33. The number of amides is 2. The molecule has 2 amide bonds. The average molecular weight is 597 g/mol. The third-order valence-corrected chi connectivity index (χ3v) is 7.80. The third kappa shape index (κ3) is 7.45. The molecule has 5 rings (SSSR count). The Bertz CT molecular complexity index is 1660. The predicted octanol–water partition coefficient (Wildman–Crippen LogP) is 4.49. The van der Waals surface area contributed by atoms with E-state index in [0.29, 0.717) is 34.8 Å². The molecule has 2 aromatic carbocycles. The van der Waals surface area contributed by atoms with Crippen molar-refractivity contribution in [3.8, 4) is 17.6 Å². The zero-order valence-corrected chi connectivity index (χ0v) is 24.5. The Morgan fingerprint density at radius 2 is 2.00 bits per heavy atom. The van der Waals surface area contributed by atoms with Crippen LogP contribution in [0.5, 0.6) is 5.75 Å². The van der Waals surface area contributed by atoms with Crippen molar-refractivity contribution in [1.29, 1.82) is 0 Å². The van der Waals surface area contributed by atoms with Gasteiger partial charge in [-0.3, -0.25) is 14.6 Å². The average Bonchev–Trinajstić information content (AvgIpc) is 3.62. The summed E-state index contributed by atoms with van der Waals surface area (Å²) in [6.45, 7) is 4.19. The van der Waals surface area contributed by atoms with E-state index < -0.39 is 11.8 Å². The highest BCUT2D eigenvalue weighted by Gasteiger charge is 2.24. The van der Waals surface area contributed by atoms with Crippen molar-refractivity contribution >= 4 is 46.5 Å². The van der Waals surface area contributed by atoms with Gasteiger partial charge in [0.2, 0.25) is 0 Å². The van der Waals surface area contributed by atoms with Gasteiger partial charge in [-0.15, -0.1) is 0 Å². The Labute approximate surface area is 255 Å². The van der Waals surface area contributed by atoms with Crippen molar-refractivity contribution in [2.75, 3.05) is 30.3 Å². The van der Waals surface area contributed by atoms with Crippen molar-refractivity contribution < 1.29 is 24.2 Å². The quantitative estimate of drug-likeness (QED) is 0.171. The van der Waals surface area contributed by atoms with Crippen LogP contribution >= 0.6 is 12.2 Å². The van der Waals surface area contributed by atoms with E-state index in [0.717, 1.165) is 37.1 Å². The van der Waals surface area contributed by atoms with Gasteiger partial charge in [-0.25, -0.2) is 0 Å².